The summed E-state index contributed by atoms with van der Waals surface area (Å²) in [6.07, 6.45) is 2.24. The van der Waals surface area contributed by atoms with Crippen LogP contribution in [-0.2, 0) is 10.0 Å². The van der Waals surface area contributed by atoms with Crippen LogP contribution in [0.25, 0.3) is 0 Å². The molecule has 0 amide bonds. The van der Waals surface area contributed by atoms with Gasteiger partial charge in [-0.3, -0.25) is 0 Å². The van der Waals surface area contributed by atoms with Gasteiger partial charge in [-0.15, -0.1) is 9.19 Å². The van der Waals surface area contributed by atoms with Crippen molar-refractivity contribution in [1.82, 2.24) is 14.2 Å². The maximum absolute atomic E-state index is 12.4. The number of hydrogen-bond acceptors (Lipinski definition) is 6. The van der Waals surface area contributed by atoms with Crippen molar-refractivity contribution in [2.45, 2.75) is 4.90 Å². The quantitative estimate of drug-likeness (QED) is 0.828. The molecular formula is C10H10BrN3O4S. The van der Waals surface area contributed by atoms with Crippen molar-refractivity contribution >= 4 is 26.0 Å². The molecule has 0 aliphatic carbocycles. The molecule has 1 aromatic carbocycles. The molecule has 0 unspecified atom stereocenters. The lowest BCUT2D eigenvalue weighted by molar-refractivity contribution is 0.390. The minimum absolute atomic E-state index is 0.0550. The summed E-state index contributed by atoms with van der Waals surface area (Å²) in [6, 6.07) is 2.88. The zero-order chi connectivity index (χ0) is 14.0. The molecule has 1 aromatic heterocycles. The van der Waals surface area contributed by atoms with Crippen LogP contribution in [0, 0.1) is 0 Å². The van der Waals surface area contributed by atoms with Crippen molar-refractivity contribution in [1.29, 1.82) is 0 Å². The van der Waals surface area contributed by atoms with Gasteiger partial charge in [0.05, 0.1) is 18.7 Å². The van der Waals surface area contributed by atoms with Crippen LogP contribution in [0.15, 0.2) is 34.2 Å². The van der Waals surface area contributed by atoms with E-state index >= 15 is 0 Å². The topological polar surface area (TPSA) is 83.3 Å². The van der Waals surface area contributed by atoms with E-state index in [1.165, 1.54) is 26.4 Å². The largest absolute Gasteiger partial charge is 0.496 e. The minimum atomic E-state index is -3.87. The first-order valence-electron chi connectivity index (χ1n) is 5.02. The molecule has 0 radical (unpaired) electrons. The van der Waals surface area contributed by atoms with Crippen LogP contribution in [-0.4, -0.2) is 36.8 Å². The predicted octanol–water partition coefficient (Wildman–Crippen LogP) is 1.29. The highest BCUT2D eigenvalue weighted by molar-refractivity contribution is 9.10. The van der Waals surface area contributed by atoms with Crippen LogP contribution < -0.4 is 9.47 Å². The molecule has 102 valence electrons. The number of benzene rings is 1. The summed E-state index contributed by atoms with van der Waals surface area (Å²) < 4.78 is 36.2. The standard InChI is InChI=1S/C10H10BrN3O4S/c1-17-8-4-10(9(18-2)3-7(8)11)19(15,16)14-6-12-5-13-14/h3-6H,1-2H3. The Morgan fingerprint density at radius 3 is 2.42 bits per heavy atom. The molecule has 2 aromatic rings. The van der Waals surface area contributed by atoms with Crippen molar-refractivity contribution in [2.24, 2.45) is 0 Å². The summed E-state index contributed by atoms with van der Waals surface area (Å²) in [5.74, 6) is 0.558. The van der Waals surface area contributed by atoms with Gasteiger partial charge < -0.3 is 9.47 Å². The van der Waals surface area contributed by atoms with Gasteiger partial charge in [0.25, 0.3) is 10.0 Å². The fourth-order valence-corrected chi connectivity index (χ4v) is 3.14. The molecule has 2 rings (SSSR count). The number of nitrogens with zero attached hydrogens (tertiary/aromatic N) is 3. The van der Waals surface area contributed by atoms with Gasteiger partial charge in [-0.05, 0) is 22.0 Å². The summed E-state index contributed by atoms with van der Waals surface area (Å²) in [6.45, 7) is 0. The summed E-state index contributed by atoms with van der Waals surface area (Å²) in [7, 11) is -1.04. The van der Waals surface area contributed by atoms with E-state index in [2.05, 4.69) is 26.0 Å². The van der Waals surface area contributed by atoms with Gasteiger partial charge in [-0.2, -0.15) is 8.42 Å². The Kier molecular flexibility index (Phi) is 3.76. The Hall–Kier alpha value is -1.61. The van der Waals surface area contributed by atoms with E-state index in [1.54, 1.807) is 0 Å². The fourth-order valence-electron chi connectivity index (χ4n) is 1.46. The summed E-state index contributed by atoms with van der Waals surface area (Å²) in [5, 5.41) is 3.63. The average molecular weight is 348 g/mol. The molecule has 7 nitrogen and oxygen atoms in total. The van der Waals surface area contributed by atoms with Gasteiger partial charge in [0.2, 0.25) is 0 Å². The zero-order valence-corrected chi connectivity index (χ0v) is 12.5. The normalized spacial score (nSPS) is 11.3. The number of aromatic nitrogens is 3. The second-order valence-corrected chi connectivity index (χ2v) is 6.03. The van der Waals surface area contributed by atoms with E-state index in [1.807, 2.05) is 0 Å². The van der Waals surface area contributed by atoms with Gasteiger partial charge >= 0.3 is 0 Å². The molecule has 1 heterocycles. The van der Waals surface area contributed by atoms with Crippen LogP contribution in [0.1, 0.15) is 0 Å². The van der Waals surface area contributed by atoms with E-state index in [9.17, 15) is 8.42 Å². The van der Waals surface area contributed by atoms with Gasteiger partial charge in [-0.25, -0.2) is 4.98 Å². The Morgan fingerprint density at radius 1 is 1.21 bits per heavy atom. The van der Waals surface area contributed by atoms with Crippen molar-refractivity contribution in [3.63, 3.8) is 0 Å². The van der Waals surface area contributed by atoms with E-state index in [0.29, 0.717) is 10.2 Å². The molecule has 0 fully saturated rings. The molecule has 19 heavy (non-hydrogen) atoms. The Bertz CT molecular complexity index is 685. The lowest BCUT2D eigenvalue weighted by atomic mass is 10.3. The molecule has 0 saturated heterocycles. The molecular weight excluding hydrogens is 338 g/mol. The Balaban J connectivity index is 2.68. The van der Waals surface area contributed by atoms with Crippen molar-refractivity contribution < 1.29 is 17.9 Å². The lowest BCUT2D eigenvalue weighted by Crippen LogP contribution is -2.14. The first kappa shape index (κ1) is 13.8. The summed E-state index contributed by atoms with van der Waals surface area (Å²) in [4.78, 5) is 3.57. The monoisotopic (exact) mass is 347 g/mol. The minimum Gasteiger partial charge on any atom is -0.496 e. The predicted molar refractivity (Wildman–Crippen MR) is 69.9 cm³/mol. The summed E-state index contributed by atoms with van der Waals surface area (Å²) >= 11 is 3.26. The number of ether oxygens (including phenoxy) is 2. The molecule has 0 atom stereocenters. The molecule has 0 spiro atoms. The molecule has 0 bridgehead atoms. The average Bonchev–Trinajstić information content (AvgIpc) is 2.92. The first-order valence-corrected chi connectivity index (χ1v) is 7.25. The highest BCUT2D eigenvalue weighted by Gasteiger charge is 2.24. The SMILES string of the molecule is COc1cc(S(=O)(=O)n2cncn2)c(OC)cc1Br. The van der Waals surface area contributed by atoms with Crippen LogP contribution in [0.2, 0.25) is 0 Å². The van der Waals surface area contributed by atoms with Crippen LogP contribution >= 0.6 is 15.9 Å². The lowest BCUT2D eigenvalue weighted by Gasteiger charge is -2.12. The molecule has 0 N–H and O–H groups in total. The number of methoxy groups -OCH3 is 2. The van der Waals surface area contributed by atoms with Crippen LogP contribution in [0.4, 0.5) is 0 Å². The zero-order valence-electron chi connectivity index (χ0n) is 10.1. The van der Waals surface area contributed by atoms with Crippen LogP contribution in [0.5, 0.6) is 11.5 Å². The van der Waals surface area contributed by atoms with Crippen molar-refractivity contribution in [3.05, 3.63) is 29.3 Å². The van der Waals surface area contributed by atoms with E-state index in [-0.39, 0.29) is 10.6 Å². The second kappa shape index (κ2) is 5.17. The smallest absolute Gasteiger partial charge is 0.288 e. The first-order chi connectivity index (χ1) is 9.00. The van der Waals surface area contributed by atoms with Crippen molar-refractivity contribution in [3.8, 4) is 11.5 Å². The van der Waals surface area contributed by atoms with E-state index in [4.69, 9.17) is 9.47 Å². The summed E-state index contributed by atoms with van der Waals surface area (Å²) in [5.41, 5.74) is 0. The maximum Gasteiger partial charge on any atom is 0.288 e. The fraction of sp³-hybridized carbons (Fsp3) is 0.200. The van der Waals surface area contributed by atoms with E-state index in [0.717, 1.165) is 16.7 Å². The molecule has 0 saturated carbocycles. The number of halogens is 1. The Morgan fingerprint density at radius 2 is 1.89 bits per heavy atom. The number of hydrogen-bond donors (Lipinski definition) is 0. The van der Waals surface area contributed by atoms with E-state index < -0.39 is 10.0 Å². The third-order valence-electron chi connectivity index (χ3n) is 2.36. The van der Waals surface area contributed by atoms with Crippen molar-refractivity contribution in [2.75, 3.05) is 14.2 Å². The third-order valence-corrected chi connectivity index (χ3v) is 4.54. The number of rotatable bonds is 4. The Labute approximate surface area is 118 Å². The molecule has 0 aliphatic rings. The highest BCUT2D eigenvalue weighted by Crippen LogP contribution is 2.35. The molecule has 0 aliphatic heterocycles. The van der Waals surface area contributed by atoms with Gasteiger partial charge in [0.1, 0.15) is 29.0 Å². The second-order valence-electron chi connectivity index (χ2n) is 3.41. The van der Waals surface area contributed by atoms with Crippen LogP contribution in [0.3, 0.4) is 0 Å². The third kappa shape index (κ3) is 2.43. The highest BCUT2D eigenvalue weighted by atomic mass is 79.9. The molecule has 9 heteroatoms. The van der Waals surface area contributed by atoms with Gasteiger partial charge in [-0.1, -0.05) is 0 Å². The van der Waals surface area contributed by atoms with Gasteiger partial charge in [0.15, 0.2) is 0 Å². The maximum atomic E-state index is 12.4. The van der Waals surface area contributed by atoms with Gasteiger partial charge in [0, 0.05) is 6.07 Å².